The lowest BCUT2D eigenvalue weighted by molar-refractivity contribution is 1.27. The second-order valence-electron chi connectivity index (χ2n) is 7.38. The van der Waals surface area contributed by atoms with Gasteiger partial charge in [-0.25, -0.2) is 0 Å². The molecule has 0 spiro atoms. The number of aryl methyl sites for hydroxylation is 2. The molecule has 0 atom stereocenters. The van der Waals surface area contributed by atoms with Gasteiger partial charge >= 0.3 is 0 Å². The minimum atomic E-state index is -1.40. The molecule has 0 heterocycles. The molecule has 1 nitrogen and oxygen atoms in total. The maximum absolute atomic E-state index is 3.89. The Morgan fingerprint density at radius 2 is 1.64 bits per heavy atom. The lowest BCUT2D eigenvalue weighted by atomic mass is 9.96. The SMILES string of the molecule is Cc1ccc(C)c(C2=C(N[Si](C)(C)C)c3ccccc3C2)c1. The van der Waals surface area contributed by atoms with Crippen molar-refractivity contribution in [3.05, 3.63) is 70.3 Å². The Bertz CT molecular complexity index is 751. The van der Waals surface area contributed by atoms with E-state index in [-0.39, 0.29) is 0 Å². The molecule has 2 heteroatoms. The zero-order valence-electron chi connectivity index (χ0n) is 14.2. The van der Waals surface area contributed by atoms with Crippen LogP contribution < -0.4 is 4.98 Å². The van der Waals surface area contributed by atoms with Gasteiger partial charge in [-0.15, -0.1) is 0 Å². The zero-order valence-corrected chi connectivity index (χ0v) is 15.2. The Balaban J connectivity index is 2.18. The van der Waals surface area contributed by atoms with Crippen LogP contribution >= 0.6 is 0 Å². The van der Waals surface area contributed by atoms with Crippen molar-refractivity contribution in [3.8, 4) is 0 Å². The number of allylic oxidation sites excluding steroid dienone is 1. The zero-order chi connectivity index (χ0) is 15.9. The summed E-state index contributed by atoms with van der Waals surface area (Å²) in [7, 11) is -1.40. The van der Waals surface area contributed by atoms with Crippen molar-refractivity contribution < 1.29 is 0 Å². The molecule has 0 unspecified atom stereocenters. The van der Waals surface area contributed by atoms with Crippen LogP contribution in [0.5, 0.6) is 0 Å². The van der Waals surface area contributed by atoms with Crippen LogP contribution in [-0.2, 0) is 6.42 Å². The molecule has 1 N–H and O–H groups in total. The highest BCUT2D eigenvalue weighted by Crippen LogP contribution is 2.38. The molecule has 3 rings (SSSR count). The highest BCUT2D eigenvalue weighted by atomic mass is 28.3. The molecule has 0 saturated heterocycles. The minimum Gasteiger partial charge on any atom is -0.410 e. The fourth-order valence-electron chi connectivity index (χ4n) is 3.17. The molecular formula is C20H25NSi. The van der Waals surface area contributed by atoms with Gasteiger partial charge in [-0.1, -0.05) is 67.7 Å². The van der Waals surface area contributed by atoms with E-state index in [0.29, 0.717) is 0 Å². The number of benzene rings is 2. The van der Waals surface area contributed by atoms with Gasteiger partial charge in [0.25, 0.3) is 0 Å². The highest BCUT2D eigenvalue weighted by molar-refractivity contribution is 6.75. The lowest BCUT2D eigenvalue weighted by Crippen LogP contribution is -2.39. The summed E-state index contributed by atoms with van der Waals surface area (Å²) in [4.78, 5) is 3.89. The first-order chi connectivity index (χ1) is 10.3. The first-order valence-electron chi connectivity index (χ1n) is 8.02. The van der Waals surface area contributed by atoms with E-state index in [1.165, 1.54) is 39.1 Å². The van der Waals surface area contributed by atoms with Crippen molar-refractivity contribution in [2.24, 2.45) is 0 Å². The van der Waals surface area contributed by atoms with Gasteiger partial charge in [-0.05, 0) is 36.1 Å². The Labute approximate surface area is 135 Å². The summed E-state index contributed by atoms with van der Waals surface area (Å²) in [5.41, 5.74) is 9.75. The van der Waals surface area contributed by atoms with Gasteiger partial charge in [0.2, 0.25) is 0 Å². The van der Waals surface area contributed by atoms with Gasteiger partial charge in [-0.2, -0.15) is 0 Å². The summed E-state index contributed by atoms with van der Waals surface area (Å²) in [5, 5.41) is 0. The number of fused-ring (bicyclic) bond motifs is 1. The molecule has 2 aromatic carbocycles. The standard InChI is InChI=1S/C20H25NSi/c1-14-10-11-15(2)18(12-14)19-13-16-8-6-7-9-17(16)20(19)21-22(3,4)5/h6-12,21H,13H2,1-5H3. The fraction of sp³-hybridized carbons (Fsp3) is 0.300. The van der Waals surface area contributed by atoms with E-state index >= 15 is 0 Å². The van der Waals surface area contributed by atoms with Gasteiger partial charge in [0.15, 0.2) is 0 Å². The fourth-order valence-corrected chi connectivity index (χ4v) is 4.20. The molecule has 1 aliphatic carbocycles. The monoisotopic (exact) mass is 307 g/mol. The van der Waals surface area contributed by atoms with E-state index in [1.807, 2.05) is 0 Å². The molecule has 0 saturated carbocycles. The van der Waals surface area contributed by atoms with Crippen LogP contribution in [0.1, 0.15) is 27.8 Å². The molecule has 0 bridgehead atoms. The smallest absolute Gasteiger partial charge is 0.144 e. The van der Waals surface area contributed by atoms with Crippen molar-refractivity contribution in [3.63, 3.8) is 0 Å². The molecule has 114 valence electrons. The summed E-state index contributed by atoms with van der Waals surface area (Å²) in [6.45, 7) is 11.5. The number of hydrogen-bond acceptors (Lipinski definition) is 1. The van der Waals surface area contributed by atoms with Gasteiger partial charge in [0.1, 0.15) is 8.24 Å². The first-order valence-corrected chi connectivity index (χ1v) is 11.5. The molecule has 0 aromatic heterocycles. The van der Waals surface area contributed by atoms with Crippen LogP contribution in [-0.4, -0.2) is 8.24 Å². The van der Waals surface area contributed by atoms with E-state index in [0.717, 1.165) is 6.42 Å². The largest absolute Gasteiger partial charge is 0.410 e. The van der Waals surface area contributed by atoms with Crippen LogP contribution in [0.15, 0.2) is 42.5 Å². The molecule has 0 radical (unpaired) electrons. The third-order valence-corrected chi connectivity index (χ3v) is 5.17. The Hall–Kier alpha value is -1.80. The molecule has 1 aliphatic rings. The predicted octanol–water partition coefficient (Wildman–Crippen LogP) is 5.15. The van der Waals surface area contributed by atoms with Crippen molar-refractivity contribution in [1.82, 2.24) is 4.98 Å². The number of hydrogen-bond donors (Lipinski definition) is 1. The van der Waals surface area contributed by atoms with Crippen LogP contribution in [0.25, 0.3) is 11.3 Å². The van der Waals surface area contributed by atoms with E-state index in [9.17, 15) is 0 Å². The number of rotatable bonds is 3. The van der Waals surface area contributed by atoms with Crippen molar-refractivity contribution >= 4 is 19.5 Å². The third-order valence-electron chi connectivity index (χ3n) is 4.17. The summed E-state index contributed by atoms with van der Waals surface area (Å²) < 4.78 is 0. The summed E-state index contributed by atoms with van der Waals surface area (Å²) in [6.07, 6.45) is 1.03. The van der Waals surface area contributed by atoms with Crippen LogP contribution in [0, 0.1) is 13.8 Å². The third kappa shape index (κ3) is 2.88. The average molecular weight is 308 g/mol. The summed E-state index contributed by atoms with van der Waals surface area (Å²) >= 11 is 0. The molecule has 0 aliphatic heterocycles. The second-order valence-corrected chi connectivity index (χ2v) is 12.1. The maximum Gasteiger partial charge on any atom is 0.144 e. The van der Waals surface area contributed by atoms with E-state index in [1.54, 1.807) is 0 Å². The van der Waals surface area contributed by atoms with Gasteiger partial charge < -0.3 is 4.98 Å². The second kappa shape index (κ2) is 5.44. The van der Waals surface area contributed by atoms with Gasteiger partial charge in [0.05, 0.1) is 0 Å². The summed E-state index contributed by atoms with van der Waals surface area (Å²) in [5.74, 6) is 0. The Morgan fingerprint density at radius 3 is 2.36 bits per heavy atom. The highest BCUT2D eigenvalue weighted by Gasteiger charge is 2.26. The topological polar surface area (TPSA) is 12.0 Å². The Morgan fingerprint density at radius 1 is 0.909 bits per heavy atom. The summed E-state index contributed by atoms with van der Waals surface area (Å²) in [6, 6.07) is 15.6. The lowest BCUT2D eigenvalue weighted by Gasteiger charge is -2.23. The quantitative estimate of drug-likeness (QED) is 0.773. The van der Waals surface area contributed by atoms with Crippen molar-refractivity contribution in [2.75, 3.05) is 0 Å². The molecule has 0 fully saturated rings. The molecule has 0 amide bonds. The van der Waals surface area contributed by atoms with E-state index in [2.05, 4.69) is 80.9 Å². The molecular weight excluding hydrogens is 282 g/mol. The van der Waals surface area contributed by atoms with Crippen molar-refractivity contribution in [2.45, 2.75) is 39.9 Å². The van der Waals surface area contributed by atoms with Crippen LogP contribution in [0.3, 0.4) is 0 Å². The van der Waals surface area contributed by atoms with E-state index in [4.69, 9.17) is 0 Å². The molecule has 2 aromatic rings. The van der Waals surface area contributed by atoms with Crippen molar-refractivity contribution in [1.29, 1.82) is 0 Å². The molecule has 22 heavy (non-hydrogen) atoms. The van der Waals surface area contributed by atoms with Gasteiger partial charge in [-0.3, -0.25) is 0 Å². The van der Waals surface area contributed by atoms with Crippen LogP contribution in [0.4, 0.5) is 0 Å². The number of nitrogens with one attached hydrogen (secondary N) is 1. The van der Waals surface area contributed by atoms with E-state index < -0.39 is 8.24 Å². The average Bonchev–Trinajstić information content (AvgIpc) is 2.79. The first kappa shape index (κ1) is 15.1. The van der Waals surface area contributed by atoms with Gasteiger partial charge in [0, 0.05) is 17.7 Å². The maximum atomic E-state index is 3.89. The predicted molar refractivity (Wildman–Crippen MR) is 99.4 cm³/mol. The van der Waals surface area contributed by atoms with Crippen LogP contribution in [0.2, 0.25) is 19.6 Å². The normalized spacial score (nSPS) is 14.2. The minimum absolute atomic E-state index is 1.03. The Kier molecular flexibility index (Phi) is 3.73.